The molecule has 0 saturated heterocycles. The van der Waals surface area contributed by atoms with Gasteiger partial charge in [-0.15, -0.1) is 11.3 Å². The van der Waals surface area contributed by atoms with Gasteiger partial charge in [0.1, 0.15) is 11.6 Å². The number of amides is 1. The zero-order valence-corrected chi connectivity index (χ0v) is 11.1. The predicted octanol–water partition coefficient (Wildman–Crippen LogP) is 4.00. The number of phenols is 1. The molecule has 0 aliphatic heterocycles. The van der Waals surface area contributed by atoms with Gasteiger partial charge in [0.25, 0.3) is 5.91 Å². The molecule has 0 aliphatic rings. The molecular weight excluding hydrogens is 277 g/mol. The van der Waals surface area contributed by atoms with E-state index in [9.17, 15) is 14.3 Å². The fraction of sp³-hybridized carbons (Fsp3) is 0. The van der Waals surface area contributed by atoms with Gasteiger partial charge in [0, 0.05) is 10.4 Å². The molecule has 0 spiro atoms. The van der Waals surface area contributed by atoms with Crippen molar-refractivity contribution in [3.05, 3.63) is 59.2 Å². The molecular formula is C15H10FNO2S. The van der Waals surface area contributed by atoms with Crippen molar-refractivity contribution < 1.29 is 14.3 Å². The lowest BCUT2D eigenvalue weighted by molar-refractivity contribution is 0.103. The Morgan fingerprint density at radius 1 is 1.10 bits per heavy atom. The Labute approximate surface area is 118 Å². The molecule has 2 N–H and O–H groups in total. The Morgan fingerprint density at radius 2 is 1.85 bits per heavy atom. The average Bonchev–Trinajstić information content (AvgIpc) is 2.84. The topological polar surface area (TPSA) is 49.3 Å². The minimum Gasteiger partial charge on any atom is -0.508 e. The molecule has 0 atom stereocenters. The minimum absolute atomic E-state index is 0.139. The zero-order valence-electron chi connectivity index (χ0n) is 10.3. The van der Waals surface area contributed by atoms with E-state index in [1.807, 2.05) is 0 Å². The van der Waals surface area contributed by atoms with E-state index in [1.54, 1.807) is 24.3 Å². The highest BCUT2D eigenvalue weighted by Crippen LogP contribution is 2.27. The van der Waals surface area contributed by atoms with E-state index in [2.05, 4.69) is 5.32 Å². The first-order valence-corrected chi connectivity index (χ1v) is 6.73. The Kier molecular flexibility index (Phi) is 3.12. The second-order valence-corrected chi connectivity index (χ2v) is 5.38. The first-order chi connectivity index (χ1) is 9.61. The number of carbonyl (C=O) groups is 1. The standard InChI is InChI=1S/C15H10FNO2S/c16-10-2-1-9-7-14(20-13(9)8-10)15(19)17-11-3-5-12(18)6-4-11/h1-8,18H,(H,17,19). The van der Waals surface area contributed by atoms with E-state index in [0.29, 0.717) is 10.6 Å². The number of carbonyl (C=O) groups excluding carboxylic acids is 1. The molecule has 2 aromatic carbocycles. The van der Waals surface area contributed by atoms with Crippen LogP contribution >= 0.6 is 11.3 Å². The van der Waals surface area contributed by atoms with Crippen LogP contribution in [0.3, 0.4) is 0 Å². The first kappa shape index (κ1) is 12.6. The summed E-state index contributed by atoms with van der Waals surface area (Å²) in [4.78, 5) is 12.6. The molecule has 1 aromatic heterocycles. The zero-order chi connectivity index (χ0) is 14.1. The summed E-state index contributed by atoms with van der Waals surface area (Å²) in [6.45, 7) is 0. The summed E-state index contributed by atoms with van der Waals surface area (Å²) in [5, 5.41) is 12.8. The van der Waals surface area contributed by atoms with Gasteiger partial charge in [-0.25, -0.2) is 4.39 Å². The number of hydrogen-bond donors (Lipinski definition) is 2. The van der Waals surface area contributed by atoms with E-state index in [-0.39, 0.29) is 17.5 Å². The second kappa shape index (κ2) is 4.94. The van der Waals surface area contributed by atoms with E-state index in [0.717, 1.165) is 10.1 Å². The number of fused-ring (bicyclic) bond motifs is 1. The predicted molar refractivity (Wildman–Crippen MR) is 77.8 cm³/mol. The molecule has 5 heteroatoms. The molecule has 0 radical (unpaired) electrons. The molecule has 0 unspecified atom stereocenters. The Balaban J connectivity index is 1.86. The van der Waals surface area contributed by atoms with Crippen molar-refractivity contribution >= 4 is 33.0 Å². The normalized spacial score (nSPS) is 10.7. The maximum Gasteiger partial charge on any atom is 0.265 e. The van der Waals surface area contributed by atoms with Crippen molar-refractivity contribution in [2.24, 2.45) is 0 Å². The van der Waals surface area contributed by atoms with E-state index in [4.69, 9.17) is 0 Å². The van der Waals surface area contributed by atoms with E-state index >= 15 is 0 Å². The smallest absolute Gasteiger partial charge is 0.265 e. The quantitative estimate of drug-likeness (QED) is 0.700. The summed E-state index contributed by atoms with van der Waals surface area (Å²) < 4.78 is 13.9. The van der Waals surface area contributed by atoms with Crippen molar-refractivity contribution in [3.63, 3.8) is 0 Å². The lowest BCUT2D eigenvalue weighted by Crippen LogP contribution is -2.09. The highest BCUT2D eigenvalue weighted by Gasteiger charge is 2.11. The van der Waals surface area contributed by atoms with Crippen LogP contribution < -0.4 is 5.32 Å². The van der Waals surface area contributed by atoms with Crippen LogP contribution in [0, 0.1) is 5.82 Å². The van der Waals surface area contributed by atoms with E-state index in [1.165, 1.54) is 35.6 Å². The van der Waals surface area contributed by atoms with Crippen LogP contribution in [0.2, 0.25) is 0 Å². The Morgan fingerprint density at radius 3 is 2.60 bits per heavy atom. The van der Waals surface area contributed by atoms with Crippen LogP contribution in [0.4, 0.5) is 10.1 Å². The van der Waals surface area contributed by atoms with Crippen LogP contribution in [0.25, 0.3) is 10.1 Å². The molecule has 0 fully saturated rings. The summed E-state index contributed by atoms with van der Waals surface area (Å²) in [7, 11) is 0. The molecule has 20 heavy (non-hydrogen) atoms. The largest absolute Gasteiger partial charge is 0.508 e. The number of hydrogen-bond acceptors (Lipinski definition) is 3. The lowest BCUT2D eigenvalue weighted by Gasteiger charge is -2.02. The number of aromatic hydroxyl groups is 1. The molecule has 3 aromatic rings. The van der Waals surface area contributed by atoms with Crippen LogP contribution in [0.15, 0.2) is 48.5 Å². The molecule has 0 bridgehead atoms. The molecule has 1 amide bonds. The molecule has 1 heterocycles. The lowest BCUT2D eigenvalue weighted by atomic mass is 10.2. The van der Waals surface area contributed by atoms with Crippen LogP contribution in [-0.2, 0) is 0 Å². The van der Waals surface area contributed by atoms with Crippen molar-refractivity contribution in [2.75, 3.05) is 5.32 Å². The number of phenolic OH excluding ortho intramolecular Hbond substituents is 1. The van der Waals surface area contributed by atoms with E-state index < -0.39 is 0 Å². The van der Waals surface area contributed by atoms with Gasteiger partial charge in [-0.05, 0) is 47.9 Å². The van der Waals surface area contributed by atoms with Crippen LogP contribution in [0.5, 0.6) is 5.75 Å². The van der Waals surface area contributed by atoms with Crippen LogP contribution in [0.1, 0.15) is 9.67 Å². The molecule has 0 aliphatic carbocycles. The second-order valence-electron chi connectivity index (χ2n) is 4.29. The highest BCUT2D eigenvalue weighted by molar-refractivity contribution is 7.20. The summed E-state index contributed by atoms with van der Waals surface area (Å²) in [5.41, 5.74) is 0.594. The highest BCUT2D eigenvalue weighted by atomic mass is 32.1. The number of nitrogens with one attached hydrogen (secondary N) is 1. The number of rotatable bonds is 2. The van der Waals surface area contributed by atoms with Crippen molar-refractivity contribution in [3.8, 4) is 5.75 Å². The third-order valence-corrected chi connectivity index (χ3v) is 3.93. The number of halogens is 1. The number of thiophene rings is 1. The molecule has 3 nitrogen and oxygen atoms in total. The van der Waals surface area contributed by atoms with Gasteiger partial charge in [-0.1, -0.05) is 6.07 Å². The minimum atomic E-state index is -0.315. The average molecular weight is 287 g/mol. The molecule has 0 saturated carbocycles. The SMILES string of the molecule is O=C(Nc1ccc(O)cc1)c1cc2ccc(F)cc2s1. The summed E-state index contributed by atoms with van der Waals surface area (Å²) in [5.74, 6) is -0.428. The summed E-state index contributed by atoms with van der Waals surface area (Å²) in [6, 6.07) is 12.4. The fourth-order valence-electron chi connectivity index (χ4n) is 1.85. The van der Waals surface area contributed by atoms with Gasteiger partial charge < -0.3 is 10.4 Å². The van der Waals surface area contributed by atoms with Crippen molar-refractivity contribution in [1.82, 2.24) is 0 Å². The number of benzene rings is 2. The van der Waals surface area contributed by atoms with Gasteiger partial charge >= 0.3 is 0 Å². The third kappa shape index (κ3) is 2.48. The van der Waals surface area contributed by atoms with Gasteiger partial charge in [-0.2, -0.15) is 0 Å². The maximum atomic E-state index is 13.1. The Hall–Kier alpha value is -2.40. The van der Waals surface area contributed by atoms with Gasteiger partial charge in [0.2, 0.25) is 0 Å². The molecule has 3 rings (SSSR count). The van der Waals surface area contributed by atoms with Gasteiger partial charge in [0.05, 0.1) is 4.88 Å². The fourth-order valence-corrected chi connectivity index (χ4v) is 2.84. The van der Waals surface area contributed by atoms with Gasteiger partial charge in [0.15, 0.2) is 0 Å². The first-order valence-electron chi connectivity index (χ1n) is 5.91. The maximum absolute atomic E-state index is 13.1. The van der Waals surface area contributed by atoms with Gasteiger partial charge in [-0.3, -0.25) is 4.79 Å². The number of anilines is 1. The van der Waals surface area contributed by atoms with Crippen molar-refractivity contribution in [2.45, 2.75) is 0 Å². The summed E-state index contributed by atoms with van der Waals surface area (Å²) in [6.07, 6.45) is 0. The Bertz CT molecular complexity index is 780. The molecule has 100 valence electrons. The monoisotopic (exact) mass is 287 g/mol. The van der Waals surface area contributed by atoms with Crippen LogP contribution in [-0.4, -0.2) is 11.0 Å². The summed E-state index contributed by atoms with van der Waals surface area (Å²) >= 11 is 1.24. The third-order valence-electron chi connectivity index (χ3n) is 2.83. The van der Waals surface area contributed by atoms with Crippen molar-refractivity contribution in [1.29, 1.82) is 0 Å².